The van der Waals surface area contributed by atoms with Gasteiger partial charge in [-0.25, -0.2) is 4.98 Å². The molecule has 0 aliphatic carbocycles. The second-order valence-corrected chi connectivity index (χ2v) is 6.56. The number of anilines is 1. The van der Waals surface area contributed by atoms with Crippen LogP contribution >= 0.6 is 0 Å². The number of carbonyl (C=O) groups excluding carboxylic acids is 1. The lowest BCUT2D eigenvalue weighted by atomic mass is 10.2. The Morgan fingerprint density at radius 3 is 2.45 bits per heavy atom. The first-order valence-corrected chi connectivity index (χ1v) is 9.54. The van der Waals surface area contributed by atoms with Crippen LogP contribution < -0.4 is 9.64 Å². The first-order valence-electron chi connectivity index (χ1n) is 9.54. The lowest BCUT2D eigenvalue weighted by Gasteiger charge is -2.21. The van der Waals surface area contributed by atoms with E-state index in [1.165, 1.54) is 0 Å². The molecule has 0 saturated carbocycles. The van der Waals surface area contributed by atoms with Crippen LogP contribution in [0, 0.1) is 0 Å². The SMILES string of the molecule is CCN(C(=O)c1ccncc1)c1ccc(OCc2ccc3ccccc3n2)cc1. The van der Waals surface area contributed by atoms with Crippen molar-refractivity contribution in [2.45, 2.75) is 13.5 Å². The molecular formula is C24H21N3O2. The van der Waals surface area contributed by atoms with Crippen LogP contribution in [0.25, 0.3) is 10.9 Å². The maximum Gasteiger partial charge on any atom is 0.258 e. The van der Waals surface area contributed by atoms with Gasteiger partial charge in [-0.2, -0.15) is 0 Å². The summed E-state index contributed by atoms with van der Waals surface area (Å²) in [5.41, 5.74) is 3.27. The van der Waals surface area contributed by atoms with Crippen molar-refractivity contribution in [3.05, 3.63) is 96.4 Å². The molecule has 5 nitrogen and oxygen atoms in total. The second-order valence-electron chi connectivity index (χ2n) is 6.56. The lowest BCUT2D eigenvalue weighted by molar-refractivity contribution is 0.0988. The van der Waals surface area contributed by atoms with Crippen LogP contribution in [0.5, 0.6) is 5.75 Å². The van der Waals surface area contributed by atoms with Gasteiger partial charge in [-0.15, -0.1) is 0 Å². The third kappa shape index (κ3) is 4.24. The fourth-order valence-electron chi connectivity index (χ4n) is 3.16. The Morgan fingerprint density at radius 1 is 0.931 bits per heavy atom. The van der Waals surface area contributed by atoms with E-state index in [1.807, 2.05) is 67.6 Å². The minimum atomic E-state index is -0.0519. The molecule has 0 saturated heterocycles. The van der Waals surface area contributed by atoms with Gasteiger partial charge in [-0.05, 0) is 55.5 Å². The molecule has 2 aromatic carbocycles. The smallest absolute Gasteiger partial charge is 0.258 e. The van der Waals surface area contributed by atoms with Crippen molar-refractivity contribution in [1.82, 2.24) is 9.97 Å². The average molecular weight is 383 g/mol. The molecule has 4 rings (SSSR count). The third-order valence-electron chi connectivity index (χ3n) is 4.68. The van der Waals surface area contributed by atoms with Gasteiger partial charge in [0.1, 0.15) is 12.4 Å². The molecule has 29 heavy (non-hydrogen) atoms. The minimum Gasteiger partial charge on any atom is -0.487 e. The molecule has 0 bridgehead atoms. The van der Waals surface area contributed by atoms with Gasteiger partial charge in [0.25, 0.3) is 5.91 Å². The van der Waals surface area contributed by atoms with Crippen LogP contribution in [0.1, 0.15) is 23.0 Å². The molecule has 0 radical (unpaired) electrons. The summed E-state index contributed by atoms with van der Waals surface area (Å²) in [5.74, 6) is 0.681. The lowest BCUT2D eigenvalue weighted by Crippen LogP contribution is -2.30. The summed E-state index contributed by atoms with van der Waals surface area (Å²) in [4.78, 5) is 23.1. The molecule has 4 aromatic rings. The van der Waals surface area contributed by atoms with Crippen molar-refractivity contribution in [2.75, 3.05) is 11.4 Å². The number of fused-ring (bicyclic) bond motifs is 1. The van der Waals surface area contributed by atoms with E-state index in [0.29, 0.717) is 18.7 Å². The molecule has 0 aliphatic heterocycles. The van der Waals surface area contributed by atoms with E-state index >= 15 is 0 Å². The van der Waals surface area contributed by atoms with Gasteiger partial charge >= 0.3 is 0 Å². The highest BCUT2D eigenvalue weighted by molar-refractivity contribution is 6.05. The quantitative estimate of drug-likeness (QED) is 0.476. The summed E-state index contributed by atoms with van der Waals surface area (Å²) in [6, 6.07) is 23.0. The molecule has 0 atom stereocenters. The Balaban J connectivity index is 1.44. The van der Waals surface area contributed by atoms with Crippen molar-refractivity contribution >= 4 is 22.5 Å². The van der Waals surface area contributed by atoms with E-state index in [4.69, 9.17) is 4.74 Å². The zero-order valence-corrected chi connectivity index (χ0v) is 16.2. The summed E-state index contributed by atoms with van der Waals surface area (Å²) in [5, 5.41) is 1.11. The van der Waals surface area contributed by atoms with Gasteiger partial charge in [0.15, 0.2) is 0 Å². The molecule has 2 heterocycles. The molecule has 1 amide bonds. The van der Waals surface area contributed by atoms with E-state index in [-0.39, 0.29) is 5.91 Å². The summed E-state index contributed by atoms with van der Waals surface area (Å²) in [7, 11) is 0. The number of hydrogen-bond acceptors (Lipinski definition) is 4. The average Bonchev–Trinajstić information content (AvgIpc) is 2.79. The third-order valence-corrected chi connectivity index (χ3v) is 4.68. The topological polar surface area (TPSA) is 55.3 Å². The van der Waals surface area contributed by atoms with Crippen LogP contribution in [0.2, 0.25) is 0 Å². The number of benzene rings is 2. The number of rotatable bonds is 6. The highest BCUT2D eigenvalue weighted by Crippen LogP contribution is 2.22. The van der Waals surface area contributed by atoms with Gasteiger partial charge in [0, 0.05) is 35.6 Å². The van der Waals surface area contributed by atoms with Crippen LogP contribution in [0.4, 0.5) is 5.69 Å². The second kappa shape index (κ2) is 8.52. The predicted octanol–water partition coefficient (Wildman–Crippen LogP) is 4.88. The van der Waals surface area contributed by atoms with Gasteiger partial charge in [0.2, 0.25) is 0 Å². The molecule has 0 N–H and O–H groups in total. The van der Waals surface area contributed by atoms with Crippen LogP contribution in [-0.4, -0.2) is 22.4 Å². The molecule has 5 heteroatoms. The van der Waals surface area contributed by atoms with Crippen molar-refractivity contribution in [2.24, 2.45) is 0 Å². The van der Waals surface area contributed by atoms with Gasteiger partial charge in [-0.3, -0.25) is 9.78 Å². The number of carbonyl (C=O) groups is 1. The number of amides is 1. The zero-order chi connectivity index (χ0) is 20.1. The van der Waals surface area contributed by atoms with E-state index in [9.17, 15) is 4.79 Å². The van der Waals surface area contributed by atoms with Gasteiger partial charge in [-0.1, -0.05) is 24.3 Å². The van der Waals surface area contributed by atoms with Crippen LogP contribution in [0.3, 0.4) is 0 Å². The van der Waals surface area contributed by atoms with Crippen molar-refractivity contribution in [3.8, 4) is 5.75 Å². The maximum absolute atomic E-state index is 12.7. The Hall–Kier alpha value is -3.73. The van der Waals surface area contributed by atoms with Crippen molar-refractivity contribution in [3.63, 3.8) is 0 Å². The summed E-state index contributed by atoms with van der Waals surface area (Å²) in [6.07, 6.45) is 3.25. The number of aromatic nitrogens is 2. The monoisotopic (exact) mass is 383 g/mol. The fourth-order valence-corrected chi connectivity index (χ4v) is 3.16. The Morgan fingerprint density at radius 2 is 1.69 bits per heavy atom. The van der Waals surface area contributed by atoms with Crippen LogP contribution in [0.15, 0.2) is 85.2 Å². The summed E-state index contributed by atoms with van der Waals surface area (Å²) >= 11 is 0. The Labute approximate surface area is 169 Å². The molecule has 0 aliphatic rings. The fraction of sp³-hybridized carbons (Fsp3) is 0.125. The van der Waals surface area contributed by atoms with E-state index < -0.39 is 0 Å². The van der Waals surface area contributed by atoms with E-state index in [0.717, 1.165) is 28.0 Å². The predicted molar refractivity (Wildman–Crippen MR) is 114 cm³/mol. The number of hydrogen-bond donors (Lipinski definition) is 0. The first kappa shape index (κ1) is 18.6. The highest BCUT2D eigenvalue weighted by atomic mass is 16.5. The van der Waals surface area contributed by atoms with Crippen molar-refractivity contribution < 1.29 is 9.53 Å². The molecule has 144 valence electrons. The van der Waals surface area contributed by atoms with Crippen LogP contribution in [-0.2, 0) is 6.61 Å². The largest absolute Gasteiger partial charge is 0.487 e. The molecular weight excluding hydrogens is 362 g/mol. The zero-order valence-electron chi connectivity index (χ0n) is 16.2. The number of pyridine rings is 2. The highest BCUT2D eigenvalue weighted by Gasteiger charge is 2.15. The molecule has 2 aromatic heterocycles. The first-order chi connectivity index (χ1) is 14.2. The molecule has 0 fully saturated rings. The van der Waals surface area contributed by atoms with Gasteiger partial charge < -0.3 is 9.64 Å². The number of para-hydroxylation sites is 1. The number of nitrogens with zero attached hydrogens (tertiary/aromatic N) is 3. The van der Waals surface area contributed by atoms with Gasteiger partial charge in [0.05, 0.1) is 11.2 Å². The number of ether oxygens (including phenoxy) is 1. The standard InChI is InChI=1S/C24H21N3O2/c1-2-27(24(28)19-13-15-25-16-14-19)21-9-11-22(12-10-21)29-17-20-8-7-18-5-3-4-6-23(18)26-20/h3-16H,2,17H2,1H3. The van der Waals surface area contributed by atoms with Crippen molar-refractivity contribution in [1.29, 1.82) is 0 Å². The summed E-state index contributed by atoms with van der Waals surface area (Å²) in [6.45, 7) is 2.91. The molecule has 0 spiro atoms. The molecule has 0 unspecified atom stereocenters. The maximum atomic E-state index is 12.7. The summed E-state index contributed by atoms with van der Waals surface area (Å²) < 4.78 is 5.88. The minimum absolute atomic E-state index is 0.0519. The Kier molecular flexibility index (Phi) is 5.47. The normalized spacial score (nSPS) is 10.7. The Bertz CT molecular complexity index is 1110. The van der Waals surface area contributed by atoms with E-state index in [2.05, 4.69) is 9.97 Å². The van der Waals surface area contributed by atoms with E-state index in [1.54, 1.807) is 29.4 Å².